The fourth-order valence-electron chi connectivity index (χ4n) is 2.86. The summed E-state index contributed by atoms with van der Waals surface area (Å²) in [5, 5.41) is 0. The van der Waals surface area contributed by atoms with Crippen molar-refractivity contribution in [2.24, 2.45) is 17.8 Å². The molecule has 2 rings (SSSR count). The van der Waals surface area contributed by atoms with Gasteiger partial charge in [0.1, 0.15) is 0 Å². The molecule has 1 unspecified atom stereocenters. The van der Waals surface area contributed by atoms with Crippen molar-refractivity contribution in [3.63, 3.8) is 0 Å². The predicted octanol–water partition coefficient (Wildman–Crippen LogP) is 2.76. The Labute approximate surface area is 79.2 Å². The van der Waals surface area contributed by atoms with Crippen LogP contribution in [0.15, 0.2) is 0 Å². The lowest BCUT2D eigenvalue weighted by molar-refractivity contribution is 0.112. The number of hydrogen-bond donors (Lipinski definition) is 0. The van der Waals surface area contributed by atoms with Crippen molar-refractivity contribution in [1.29, 1.82) is 0 Å². The summed E-state index contributed by atoms with van der Waals surface area (Å²) in [5.41, 5.74) is 0. The zero-order valence-electron chi connectivity index (χ0n) is 7.79. The summed E-state index contributed by atoms with van der Waals surface area (Å²) in [6.45, 7) is 1.03. The molecule has 1 nitrogen and oxygen atoms in total. The Hall–Kier alpha value is 0.310. The highest BCUT2D eigenvalue weighted by Crippen LogP contribution is 2.48. The van der Waals surface area contributed by atoms with Crippen LogP contribution in [0, 0.1) is 17.8 Å². The third kappa shape index (κ3) is 1.80. The van der Waals surface area contributed by atoms with Crippen molar-refractivity contribution < 1.29 is 4.74 Å². The van der Waals surface area contributed by atoms with E-state index in [0.29, 0.717) is 0 Å². The van der Waals surface area contributed by atoms with Crippen LogP contribution in [0.25, 0.3) is 0 Å². The number of hydrogen-bond acceptors (Lipinski definition) is 2. The second-order valence-corrected chi connectivity index (χ2v) is 5.03. The lowest BCUT2D eigenvalue weighted by Gasteiger charge is -2.20. The molecule has 2 saturated carbocycles. The van der Waals surface area contributed by atoms with Crippen molar-refractivity contribution in [3.8, 4) is 0 Å². The lowest BCUT2D eigenvalue weighted by Crippen LogP contribution is -2.16. The zero-order chi connectivity index (χ0) is 8.39. The lowest BCUT2D eigenvalue weighted by atomic mass is 9.90. The molecule has 2 aliphatic rings. The minimum Gasteiger partial charge on any atom is -0.371 e. The summed E-state index contributed by atoms with van der Waals surface area (Å²) >= 11 is 1.78. The van der Waals surface area contributed by atoms with Gasteiger partial charge in [-0.2, -0.15) is 0 Å². The van der Waals surface area contributed by atoms with E-state index < -0.39 is 0 Å². The number of thioether (sulfide) groups is 1. The first kappa shape index (κ1) is 8.89. The van der Waals surface area contributed by atoms with Crippen LogP contribution in [0.5, 0.6) is 0 Å². The molecule has 2 aliphatic carbocycles. The molecular weight excluding hydrogens is 168 g/mol. The van der Waals surface area contributed by atoms with Gasteiger partial charge in [-0.1, -0.05) is 6.42 Å². The van der Waals surface area contributed by atoms with Gasteiger partial charge in [0, 0.05) is 0 Å². The minimum absolute atomic E-state index is 0.883. The van der Waals surface area contributed by atoms with E-state index in [0.717, 1.165) is 30.3 Å². The van der Waals surface area contributed by atoms with Crippen LogP contribution < -0.4 is 0 Å². The molecule has 0 amide bonds. The first-order valence-corrected chi connectivity index (χ1v) is 6.36. The second-order valence-electron chi connectivity index (χ2n) is 4.21. The van der Waals surface area contributed by atoms with E-state index in [4.69, 9.17) is 4.74 Å². The van der Waals surface area contributed by atoms with Crippen LogP contribution in [0.3, 0.4) is 0 Å². The van der Waals surface area contributed by atoms with Crippen LogP contribution in [0.2, 0.25) is 0 Å². The molecule has 0 N–H and O–H groups in total. The monoisotopic (exact) mass is 186 g/mol. The molecule has 2 fully saturated rings. The third-order valence-corrected chi connectivity index (χ3v) is 3.82. The minimum atomic E-state index is 0.883. The van der Waals surface area contributed by atoms with Crippen LogP contribution in [0.1, 0.15) is 25.7 Å². The topological polar surface area (TPSA) is 9.23 Å². The highest BCUT2D eigenvalue weighted by atomic mass is 32.2. The standard InChI is InChI=1S/C10H18OS/c1-12-7-11-6-10-5-8-2-3-9(10)4-8/h8-10H,2-7H2,1H3/t8?,9-,10-/m0/s1. The van der Waals surface area contributed by atoms with Gasteiger partial charge in [0.15, 0.2) is 0 Å². The molecule has 0 aromatic rings. The van der Waals surface area contributed by atoms with Crippen LogP contribution in [-0.4, -0.2) is 18.8 Å². The molecule has 0 radical (unpaired) electrons. The molecule has 12 heavy (non-hydrogen) atoms. The molecular formula is C10H18OS. The van der Waals surface area contributed by atoms with Gasteiger partial charge in [0.25, 0.3) is 0 Å². The maximum absolute atomic E-state index is 5.58. The molecule has 2 heteroatoms. The first-order chi connectivity index (χ1) is 5.90. The molecule has 0 spiro atoms. The maximum atomic E-state index is 5.58. The van der Waals surface area contributed by atoms with Crippen LogP contribution in [-0.2, 0) is 4.74 Å². The number of rotatable bonds is 4. The van der Waals surface area contributed by atoms with Gasteiger partial charge in [-0.25, -0.2) is 0 Å². The van der Waals surface area contributed by atoms with E-state index in [9.17, 15) is 0 Å². The number of ether oxygens (including phenoxy) is 1. The van der Waals surface area contributed by atoms with Gasteiger partial charge in [-0.15, -0.1) is 11.8 Å². The fourth-order valence-corrected chi connectivity index (χ4v) is 3.13. The average molecular weight is 186 g/mol. The van der Waals surface area contributed by atoms with Crippen molar-refractivity contribution in [3.05, 3.63) is 0 Å². The number of fused-ring (bicyclic) bond motifs is 2. The Kier molecular flexibility index (Phi) is 2.97. The molecule has 3 atom stereocenters. The fraction of sp³-hybridized carbons (Fsp3) is 1.00. The van der Waals surface area contributed by atoms with E-state index >= 15 is 0 Å². The van der Waals surface area contributed by atoms with Crippen LogP contribution >= 0.6 is 11.8 Å². The van der Waals surface area contributed by atoms with E-state index in [1.807, 2.05) is 0 Å². The Bertz CT molecular complexity index is 149. The highest BCUT2D eigenvalue weighted by molar-refractivity contribution is 7.98. The molecule has 2 bridgehead atoms. The Morgan fingerprint density at radius 1 is 1.33 bits per heavy atom. The summed E-state index contributed by atoms with van der Waals surface area (Å²) < 4.78 is 5.58. The highest BCUT2D eigenvalue weighted by Gasteiger charge is 2.39. The SMILES string of the molecule is CSCOC[C@@H]1CC2CC[C@H]1C2. The Balaban J connectivity index is 1.69. The molecule has 0 heterocycles. The molecule has 0 aromatic carbocycles. The van der Waals surface area contributed by atoms with E-state index in [1.165, 1.54) is 25.7 Å². The normalized spacial score (nSPS) is 39.2. The van der Waals surface area contributed by atoms with E-state index in [-0.39, 0.29) is 0 Å². The van der Waals surface area contributed by atoms with Gasteiger partial charge in [-0.3, -0.25) is 0 Å². The summed E-state index contributed by atoms with van der Waals surface area (Å²) in [5.74, 6) is 3.89. The zero-order valence-corrected chi connectivity index (χ0v) is 8.61. The Morgan fingerprint density at radius 3 is 2.83 bits per heavy atom. The van der Waals surface area contributed by atoms with Crippen molar-refractivity contribution >= 4 is 11.8 Å². The van der Waals surface area contributed by atoms with Crippen molar-refractivity contribution in [1.82, 2.24) is 0 Å². The summed E-state index contributed by atoms with van der Waals surface area (Å²) in [6.07, 6.45) is 8.05. The summed E-state index contributed by atoms with van der Waals surface area (Å²) in [4.78, 5) is 0. The van der Waals surface area contributed by atoms with Gasteiger partial charge >= 0.3 is 0 Å². The largest absolute Gasteiger partial charge is 0.371 e. The average Bonchev–Trinajstić information content (AvgIpc) is 2.65. The van der Waals surface area contributed by atoms with Crippen molar-refractivity contribution in [2.75, 3.05) is 18.8 Å². The summed E-state index contributed by atoms with van der Waals surface area (Å²) in [7, 11) is 0. The smallest absolute Gasteiger partial charge is 0.0918 e. The van der Waals surface area contributed by atoms with Gasteiger partial charge in [0.2, 0.25) is 0 Å². The van der Waals surface area contributed by atoms with Gasteiger partial charge in [-0.05, 0) is 43.3 Å². The maximum Gasteiger partial charge on any atom is 0.0918 e. The third-order valence-electron chi connectivity index (χ3n) is 3.42. The summed E-state index contributed by atoms with van der Waals surface area (Å²) in [6, 6.07) is 0. The predicted molar refractivity (Wildman–Crippen MR) is 53.3 cm³/mol. The molecule has 0 aromatic heterocycles. The molecule has 0 aliphatic heterocycles. The van der Waals surface area contributed by atoms with E-state index in [1.54, 1.807) is 11.8 Å². The van der Waals surface area contributed by atoms with E-state index in [2.05, 4.69) is 6.26 Å². The van der Waals surface area contributed by atoms with Crippen molar-refractivity contribution in [2.45, 2.75) is 25.7 Å². The quantitative estimate of drug-likeness (QED) is 0.493. The van der Waals surface area contributed by atoms with Gasteiger partial charge < -0.3 is 4.74 Å². The first-order valence-electron chi connectivity index (χ1n) is 4.97. The Morgan fingerprint density at radius 2 is 2.25 bits per heavy atom. The van der Waals surface area contributed by atoms with Crippen LogP contribution in [0.4, 0.5) is 0 Å². The molecule has 0 saturated heterocycles. The molecule has 70 valence electrons. The second kappa shape index (κ2) is 4.01. The van der Waals surface area contributed by atoms with Gasteiger partial charge in [0.05, 0.1) is 12.5 Å².